The number of benzene rings is 2. The lowest BCUT2D eigenvalue weighted by molar-refractivity contribution is -0.134. The number of ether oxygens (including phenoxy) is 2. The normalized spacial score (nSPS) is 11.1. The fourth-order valence-corrected chi connectivity index (χ4v) is 1.95. The fraction of sp³-hybridized carbons (Fsp3) is 0.118. The van der Waals surface area contributed by atoms with Crippen molar-refractivity contribution in [1.82, 2.24) is 0 Å². The monoisotopic (exact) mass is 346 g/mol. The minimum Gasteiger partial charge on any atom is -0.466 e. The zero-order valence-corrected chi connectivity index (χ0v) is 13.4. The van der Waals surface area contributed by atoms with Crippen LogP contribution in [0.15, 0.2) is 59.1 Å². The molecule has 0 aliphatic heterocycles. The molecule has 0 aliphatic carbocycles. The number of aryl methyl sites for hydroxylation is 1. The zero-order chi connectivity index (χ0) is 15.2. The second kappa shape index (κ2) is 7.09. The molecule has 0 heterocycles. The van der Waals surface area contributed by atoms with Crippen LogP contribution in [0.3, 0.4) is 0 Å². The number of carbonyl (C=O) groups is 1. The van der Waals surface area contributed by atoms with Gasteiger partial charge in [0, 0.05) is 10.0 Å². The van der Waals surface area contributed by atoms with Gasteiger partial charge in [0.05, 0.1) is 13.2 Å². The lowest BCUT2D eigenvalue weighted by Crippen LogP contribution is -2.02. The minimum absolute atomic E-state index is 0.443. The molecular weight excluding hydrogens is 332 g/mol. The Morgan fingerprint density at radius 3 is 2.24 bits per heavy atom. The van der Waals surface area contributed by atoms with E-state index in [1.54, 1.807) is 0 Å². The highest BCUT2D eigenvalue weighted by Gasteiger charge is 2.08. The van der Waals surface area contributed by atoms with E-state index in [0.717, 1.165) is 15.6 Å². The number of rotatable bonds is 4. The van der Waals surface area contributed by atoms with Gasteiger partial charge < -0.3 is 9.47 Å². The van der Waals surface area contributed by atoms with Crippen LogP contribution >= 0.6 is 15.9 Å². The molecule has 0 aliphatic rings. The van der Waals surface area contributed by atoms with E-state index in [9.17, 15) is 4.79 Å². The van der Waals surface area contributed by atoms with Crippen molar-refractivity contribution in [2.45, 2.75) is 6.92 Å². The zero-order valence-electron chi connectivity index (χ0n) is 11.8. The predicted molar refractivity (Wildman–Crippen MR) is 85.9 cm³/mol. The molecule has 0 amide bonds. The number of carbonyl (C=O) groups excluding carboxylic acids is 1. The molecule has 0 radical (unpaired) electrons. The molecule has 3 nitrogen and oxygen atoms in total. The maximum absolute atomic E-state index is 11.5. The Balaban J connectivity index is 2.32. The molecule has 2 aromatic rings. The van der Waals surface area contributed by atoms with Crippen LogP contribution in [0.5, 0.6) is 5.75 Å². The third kappa shape index (κ3) is 4.46. The molecule has 0 N–H and O–H groups in total. The number of hydrogen-bond acceptors (Lipinski definition) is 3. The van der Waals surface area contributed by atoms with Gasteiger partial charge in [-0.05, 0) is 31.2 Å². The highest BCUT2D eigenvalue weighted by Crippen LogP contribution is 2.23. The van der Waals surface area contributed by atoms with Crippen LogP contribution < -0.4 is 4.74 Å². The van der Waals surface area contributed by atoms with Crippen molar-refractivity contribution in [3.63, 3.8) is 0 Å². The van der Waals surface area contributed by atoms with Crippen LogP contribution in [0.4, 0.5) is 0 Å². The fourth-order valence-electron chi connectivity index (χ4n) is 1.69. The molecule has 0 spiro atoms. The number of methoxy groups -OCH3 is 1. The summed E-state index contributed by atoms with van der Waals surface area (Å²) in [4.78, 5) is 11.5. The number of esters is 1. The molecule has 4 heteroatoms. The summed E-state index contributed by atoms with van der Waals surface area (Å²) in [5.41, 5.74) is 1.94. The van der Waals surface area contributed by atoms with Gasteiger partial charge in [-0.2, -0.15) is 0 Å². The average molecular weight is 347 g/mol. The smallest absolute Gasteiger partial charge is 0.334 e. The Labute approximate surface area is 132 Å². The van der Waals surface area contributed by atoms with E-state index >= 15 is 0 Å². The van der Waals surface area contributed by atoms with Gasteiger partial charge >= 0.3 is 5.97 Å². The van der Waals surface area contributed by atoms with E-state index in [0.29, 0.717) is 11.5 Å². The van der Waals surface area contributed by atoms with Crippen molar-refractivity contribution in [3.8, 4) is 5.75 Å². The van der Waals surface area contributed by atoms with Crippen molar-refractivity contribution < 1.29 is 14.3 Å². The summed E-state index contributed by atoms with van der Waals surface area (Å²) in [6, 6.07) is 15.1. The summed E-state index contributed by atoms with van der Waals surface area (Å²) >= 11 is 3.38. The first-order chi connectivity index (χ1) is 10.1. The highest BCUT2D eigenvalue weighted by molar-refractivity contribution is 9.10. The number of halogens is 1. The molecule has 2 aromatic carbocycles. The number of hydrogen-bond donors (Lipinski definition) is 0. The first-order valence-electron chi connectivity index (χ1n) is 6.38. The van der Waals surface area contributed by atoms with Crippen LogP contribution in [0.2, 0.25) is 0 Å². The lowest BCUT2D eigenvalue weighted by Gasteiger charge is -2.10. The Morgan fingerprint density at radius 1 is 1.05 bits per heavy atom. The van der Waals surface area contributed by atoms with Gasteiger partial charge in [-0.15, -0.1) is 0 Å². The molecular formula is C17H15BrO3. The van der Waals surface area contributed by atoms with Gasteiger partial charge in [0.2, 0.25) is 0 Å². The molecule has 0 aromatic heterocycles. The molecule has 21 heavy (non-hydrogen) atoms. The van der Waals surface area contributed by atoms with Gasteiger partial charge in [0.15, 0.2) is 0 Å². The van der Waals surface area contributed by atoms with E-state index in [4.69, 9.17) is 4.74 Å². The molecule has 0 fully saturated rings. The van der Waals surface area contributed by atoms with Crippen LogP contribution in [0, 0.1) is 6.92 Å². The van der Waals surface area contributed by atoms with Crippen molar-refractivity contribution in [1.29, 1.82) is 0 Å². The molecule has 0 unspecified atom stereocenters. The second-order valence-electron chi connectivity index (χ2n) is 4.45. The maximum atomic E-state index is 11.5. The summed E-state index contributed by atoms with van der Waals surface area (Å²) in [7, 11) is 1.34. The Kier molecular flexibility index (Phi) is 5.17. The van der Waals surface area contributed by atoms with Gasteiger partial charge in [-0.3, -0.25) is 0 Å². The van der Waals surface area contributed by atoms with Crippen molar-refractivity contribution >= 4 is 27.7 Å². The molecule has 0 bridgehead atoms. The largest absolute Gasteiger partial charge is 0.466 e. The van der Waals surface area contributed by atoms with Gasteiger partial charge in [-0.25, -0.2) is 4.79 Å². The Morgan fingerprint density at radius 2 is 1.67 bits per heavy atom. The minimum atomic E-state index is -0.458. The van der Waals surface area contributed by atoms with Crippen molar-refractivity contribution in [3.05, 3.63) is 70.2 Å². The van der Waals surface area contributed by atoms with Crippen molar-refractivity contribution in [2.75, 3.05) is 7.11 Å². The van der Waals surface area contributed by atoms with E-state index in [1.165, 1.54) is 13.2 Å². The Hall–Kier alpha value is -2.07. The van der Waals surface area contributed by atoms with E-state index < -0.39 is 5.97 Å². The SMILES string of the molecule is COC(=O)/C=C(\Oc1ccc(C)cc1)c1ccc(Br)cc1. The van der Waals surface area contributed by atoms with E-state index in [-0.39, 0.29) is 0 Å². The van der Waals surface area contributed by atoms with Crippen LogP contribution in [0.25, 0.3) is 5.76 Å². The van der Waals surface area contributed by atoms with E-state index in [1.807, 2.05) is 55.5 Å². The summed E-state index contributed by atoms with van der Waals surface area (Å²) in [6.07, 6.45) is 1.34. The van der Waals surface area contributed by atoms with Crippen LogP contribution in [-0.4, -0.2) is 13.1 Å². The van der Waals surface area contributed by atoms with Crippen LogP contribution in [0.1, 0.15) is 11.1 Å². The third-order valence-corrected chi connectivity index (χ3v) is 3.36. The molecule has 0 atom stereocenters. The van der Waals surface area contributed by atoms with Crippen molar-refractivity contribution in [2.24, 2.45) is 0 Å². The van der Waals surface area contributed by atoms with Gasteiger partial charge in [0.25, 0.3) is 0 Å². The highest BCUT2D eigenvalue weighted by atomic mass is 79.9. The summed E-state index contributed by atoms with van der Waals surface area (Å²) < 4.78 is 11.4. The van der Waals surface area contributed by atoms with Crippen LogP contribution in [-0.2, 0) is 9.53 Å². The molecule has 0 saturated heterocycles. The lowest BCUT2D eigenvalue weighted by atomic mass is 10.2. The summed E-state index contributed by atoms with van der Waals surface area (Å²) in [5.74, 6) is 0.650. The molecule has 108 valence electrons. The maximum Gasteiger partial charge on any atom is 0.334 e. The first kappa shape index (κ1) is 15.3. The first-order valence-corrected chi connectivity index (χ1v) is 7.18. The molecule has 0 saturated carbocycles. The third-order valence-electron chi connectivity index (χ3n) is 2.83. The molecule has 2 rings (SSSR count). The van der Waals surface area contributed by atoms with E-state index in [2.05, 4.69) is 20.7 Å². The average Bonchev–Trinajstić information content (AvgIpc) is 2.49. The predicted octanol–water partition coefficient (Wildman–Crippen LogP) is 4.35. The second-order valence-corrected chi connectivity index (χ2v) is 5.37. The summed E-state index contributed by atoms with van der Waals surface area (Å²) in [6.45, 7) is 2.00. The topological polar surface area (TPSA) is 35.5 Å². The standard InChI is InChI=1S/C17H15BrO3/c1-12-3-9-15(10-4-12)21-16(11-17(19)20-2)13-5-7-14(18)8-6-13/h3-11H,1-2H3/b16-11-. The quantitative estimate of drug-likeness (QED) is 0.469. The van der Waals surface area contributed by atoms with Gasteiger partial charge in [-0.1, -0.05) is 45.8 Å². The Bertz CT molecular complexity index is 643. The summed E-state index contributed by atoms with van der Waals surface area (Å²) in [5, 5.41) is 0. The van der Waals surface area contributed by atoms with Gasteiger partial charge in [0.1, 0.15) is 11.5 Å².